The Morgan fingerprint density at radius 2 is 2.13 bits per heavy atom. The molecule has 0 unspecified atom stereocenters. The van der Waals surface area contributed by atoms with Gasteiger partial charge in [-0.3, -0.25) is 4.79 Å². The number of ketones is 1. The van der Waals surface area contributed by atoms with Crippen molar-refractivity contribution in [2.45, 2.75) is 50.4 Å². The van der Waals surface area contributed by atoms with Crippen LogP contribution >= 0.6 is 0 Å². The minimum atomic E-state index is -0.0375. The summed E-state index contributed by atoms with van der Waals surface area (Å²) in [7, 11) is 0. The van der Waals surface area contributed by atoms with Crippen LogP contribution in [0.15, 0.2) is 24.3 Å². The molecule has 0 spiro atoms. The van der Waals surface area contributed by atoms with E-state index in [1.54, 1.807) is 6.07 Å². The summed E-state index contributed by atoms with van der Waals surface area (Å²) >= 11 is 0. The molecule has 0 radical (unpaired) electrons. The first-order chi connectivity index (χ1) is 11.2. The fourth-order valence-corrected chi connectivity index (χ4v) is 5.02. The monoisotopic (exact) mass is 313 g/mol. The first kappa shape index (κ1) is 15.2. The van der Waals surface area contributed by atoms with Gasteiger partial charge in [0.15, 0.2) is 0 Å². The molecular formula is C20H27NO2. The number of benzene rings is 1. The molecule has 0 bridgehead atoms. The summed E-state index contributed by atoms with van der Waals surface area (Å²) in [4.78, 5) is 14.9. The van der Waals surface area contributed by atoms with Crippen molar-refractivity contribution in [2.24, 2.45) is 11.8 Å². The van der Waals surface area contributed by atoms with Crippen LogP contribution in [0.25, 0.3) is 0 Å². The molecule has 0 amide bonds. The number of hydrogen-bond donors (Lipinski definition) is 1. The predicted octanol–water partition coefficient (Wildman–Crippen LogP) is 3.51. The van der Waals surface area contributed by atoms with Crippen molar-refractivity contribution in [3.8, 4) is 5.75 Å². The second-order valence-electron chi connectivity index (χ2n) is 7.96. The number of hydrogen-bond acceptors (Lipinski definition) is 3. The molecular weight excluding hydrogens is 286 g/mol. The number of phenols is 1. The van der Waals surface area contributed by atoms with E-state index in [1.165, 1.54) is 31.4 Å². The van der Waals surface area contributed by atoms with Crippen LogP contribution in [-0.2, 0) is 10.2 Å². The Hall–Kier alpha value is -1.35. The van der Waals surface area contributed by atoms with E-state index < -0.39 is 0 Å². The van der Waals surface area contributed by atoms with Crippen LogP contribution in [0.2, 0.25) is 0 Å². The lowest BCUT2D eigenvalue weighted by atomic mass is 9.58. The van der Waals surface area contributed by atoms with Gasteiger partial charge in [-0.15, -0.1) is 0 Å². The van der Waals surface area contributed by atoms with Gasteiger partial charge in [-0.2, -0.15) is 0 Å². The normalized spacial score (nSPS) is 32.3. The van der Waals surface area contributed by atoms with Crippen molar-refractivity contribution in [2.75, 3.05) is 19.6 Å². The maximum atomic E-state index is 12.2. The maximum absolute atomic E-state index is 12.2. The highest BCUT2D eigenvalue weighted by Crippen LogP contribution is 2.48. The minimum Gasteiger partial charge on any atom is -0.508 e. The molecule has 3 aliphatic rings. The van der Waals surface area contributed by atoms with E-state index in [2.05, 4.69) is 11.0 Å². The van der Waals surface area contributed by atoms with Gasteiger partial charge in [-0.25, -0.2) is 0 Å². The molecule has 0 aromatic heterocycles. The van der Waals surface area contributed by atoms with E-state index in [0.717, 1.165) is 38.3 Å². The van der Waals surface area contributed by atoms with E-state index in [4.69, 9.17) is 0 Å². The van der Waals surface area contributed by atoms with Crippen molar-refractivity contribution in [1.29, 1.82) is 0 Å². The third-order valence-electron chi connectivity index (χ3n) is 6.58. The van der Waals surface area contributed by atoms with Crippen LogP contribution in [0.1, 0.15) is 50.5 Å². The summed E-state index contributed by atoms with van der Waals surface area (Å²) in [5, 5.41) is 9.91. The highest BCUT2D eigenvalue weighted by atomic mass is 16.3. The minimum absolute atomic E-state index is 0.0375. The van der Waals surface area contributed by atoms with Crippen LogP contribution in [0.5, 0.6) is 5.75 Å². The summed E-state index contributed by atoms with van der Waals surface area (Å²) in [6, 6.07) is 7.67. The zero-order valence-electron chi connectivity index (χ0n) is 13.8. The molecule has 1 aromatic rings. The molecule has 124 valence electrons. The van der Waals surface area contributed by atoms with Gasteiger partial charge >= 0.3 is 0 Å². The summed E-state index contributed by atoms with van der Waals surface area (Å²) < 4.78 is 0. The summed E-state index contributed by atoms with van der Waals surface area (Å²) in [5.74, 6) is 2.19. The molecule has 1 aromatic carbocycles. The average Bonchev–Trinajstić information content (AvgIpc) is 2.51. The van der Waals surface area contributed by atoms with Crippen LogP contribution < -0.4 is 0 Å². The van der Waals surface area contributed by atoms with Gasteiger partial charge in [0, 0.05) is 31.3 Å². The molecule has 3 heteroatoms. The molecule has 23 heavy (non-hydrogen) atoms. The third kappa shape index (κ3) is 2.80. The summed E-state index contributed by atoms with van der Waals surface area (Å²) in [5.41, 5.74) is 1.14. The van der Waals surface area contributed by atoms with Crippen molar-refractivity contribution >= 4 is 5.78 Å². The first-order valence-electron chi connectivity index (χ1n) is 9.19. The number of carbonyl (C=O) groups excluding carboxylic acids is 1. The summed E-state index contributed by atoms with van der Waals surface area (Å²) in [6.07, 6.45) is 7.68. The van der Waals surface area contributed by atoms with Crippen molar-refractivity contribution in [1.82, 2.24) is 4.90 Å². The van der Waals surface area contributed by atoms with Gasteiger partial charge < -0.3 is 10.0 Å². The number of rotatable bonds is 3. The number of phenolic OH excluding ortho intramolecular Hbond substituents is 1. The first-order valence-corrected chi connectivity index (χ1v) is 9.19. The van der Waals surface area contributed by atoms with Gasteiger partial charge in [0.2, 0.25) is 0 Å². The molecule has 3 nitrogen and oxygen atoms in total. The van der Waals surface area contributed by atoms with E-state index in [0.29, 0.717) is 23.9 Å². The van der Waals surface area contributed by atoms with Gasteiger partial charge in [0.25, 0.3) is 0 Å². The lowest BCUT2D eigenvalue weighted by Crippen LogP contribution is -2.54. The Kier molecular flexibility index (Phi) is 3.92. The molecule has 2 atom stereocenters. The number of aromatic hydroxyl groups is 1. The van der Waals surface area contributed by atoms with Gasteiger partial charge in [-0.05, 0) is 61.8 Å². The fraction of sp³-hybridized carbons (Fsp3) is 0.650. The Balaban J connectivity index is 1.58. The van der Waals surface area contributed by atoms with Gasteiger partial charge in [0.05, 0.1) is 0 Å². The molecule has 2 saturated carbocycles. The highest BCUT2D eigenvalue weighted by molar-refractivity contribution is 5.81. The van der Waals surface area contributed by atoms with Crippen LogP contribution in [0.4, 0.5) is 0 Å². The van der Waals surface area contributed by atoms with Crippen molar-refractivity contribution in [3.05, 3.63) is 29.8 Å². The smallest absolute Gasteiger partial charge is 0.133 e. The van der Waals surface area contributed by atoms with E-state index in [-0.39, 0.29) is 5.41 Å². The Morgan fingerprint density at radius 3 is 2.87 bits per heavy atom. The second kappa shape index (κ2) is 5.94. The largest absolute Gasteiger partial charge is 0.508 e. The number of Topliss-reactive ketones (excluding diaryl/α,β-unsaturated/α-hetero) is 1. The number of likely N-dealkylation sites (tertiary alicyclic amines) is 1. The lowest BCUT2D eigenvalue weighted by molar-refractivity contribution is -0.125. The third-order valence-corrected chi connectivity index (χ3v) is 6.58. The second-order valence-corrected chi connectivity index (χ2v) is 7.96. The standard InChI is InChI=1S/C20H27NO2/c22-18-6-2-5-16(11-18)20-9-10-21(13-15-3-1-4-15)14-17(20)7-8-19(23)12-20/h2,5-6,11,15,17,22H,1,3-4,7-10,12-14H2/t17-,20-/m0/s1. The molecule has 1 heterocycles. The van der Waals surface area contributed by atoms with Gasteiger partial charge in [-0.1, -0.05) is 18.6 Å². The lowest BCUT2D eigenvalue weighted by Gasteiger charge is -2.51. The van der Waals surface area contributed by atoms with Crippen molar-refractivity contribution < 1.29 is 9.90 Å². The highest BCUT2D eigenvalue weighted by Gasteiger charge is 2.48. The Bertz CT molecular complexity index is 595. The number of piperidine rings is 1. The average molecular weight is 313 g/mol. The topological polar surface area (TPSA) is 40.5 Å². The number of fused-ring (bicyclic) bond motifs is 1. The Labute approximate surface area is 138 Å². The number of carbonyl (C=O) groups is 1. The number of nitrogens with zero attached hydrogens (tertiary/aromatic N) is 1. The fourth-order valence-electron chi connectivity index (χ4n) is 5.02. The molecule has 2 aliphatic carbocycles. The molecule has 1 aliphatic heterocycles. The summed E-state index contributed by atoms with van der Waals surface area (Å²) in [6.45, 7) is 3.47. The predicted molar refractivity (Wildman–Crippen MR) is 90.5 cm³/mol. The van der Waals surface area contributed by atoms with Crippen LogP contribution in [0, 0.1) is 11.8 Å². The maximum Gasteiger partial charge on any atom is 0.133 e. The SMILES string of the molecule is O=C1CC[C@H]2CN(CC3CCC3)CC[C@@]2(c2cccc(O)c2)C1. The molecule has 4 rings (SSSR count). The molecule has 1 N–H and O–H groups in total. The van der Waals surface area contributed by atoms with Gasteiger partial charge in [0.1, 0.15) is 11.5 Å². The van der Waals surface area contributed by atoms with Crippen LogP contribution in [0.3, 0.4) is 0 Å². The van der Waals surface area contributed by atoms with E-state index >= 15 is 0 Å². The van der Waals surface area contributed by atoms with E-state index in [9.17, 15) is 9.90 Å². The zero-order valence-corrected chi connectivity index (χ0v) is 13.8. The Morgan fingerprint density at radius 1 is 1.26 bits per heavy atom. The molecule has 3 fully saturated rings. The van der Waals surface area contributed by atoms with E-state index in [1.807, 2.05) is 12.1 Å². The van der Waals surface area contributed by atoms with Crippen molar-refractivity contribution in [3.63, 3.8) is 0 Å². The quantitative estimate of drug-likeness (QED) is 0.928. The molecule has 1 saturated heterocycles. The zero-order chi connectivity index (χ0) is 15.9. The van der Waals surface area contributed by atoms with Crippen LogP contribution in [-0.4, -0.2) is 35.4 Å².